The smallest absolute Gasteiger partial charge is 0.335 e. The average Bonchev–Trinajstić information content (AvgIpc) is 3.40. The third-order valence-electron chi connectivity index (χ3n) is 6.13. The number of barbiturate groups is 1. The molecule has 11 heteroatoms. The number of imide groups is 2. The molecule has 0 aromatic heterocycles. The van der Waals surface area contributed by atoms with E-state index >= 15 is 0 Å². The predicted octanol–water partition coefficient (Wildman–Crippen LogP) is 5.70. The number of halogens is 2. The quantitative estimate of drug-likeness (QED) is 0.207. The number of benzene rings is 3. The highest BCUT2D eigenvalue weighted by molar-refractivity contribution is 6.42. The molecule has 0 radical (unpaired) electrons. The molecule has 9 nitrogen and oxygen atoms in total. The van der Waals surface area contributed by atoms with Gasteiger partial charge in [0.1, 0.15) is 12.2 Å². The van der Waals surface area contributed by atoms with Crippen molar-refractivity contribution >= 4 is 52.8 Å². The van der Waals surface area contributed by atoms with E-state index in [0.29, 0.717) is 50.6 Å². The molecule has 0 unspecified atom stereocenters. The Balaban J connectivity index is 1.47. The SMILES string of the molecule is C=CCc1cc(/C=C2\C(=O)NC(=O)N(c3ccc4c(c3)OCO4)C2=O)cc(OC)c1OCc1ccc(Cl)c(Cl)c1. The number of rotatable bonds is 8. The van der Waals surface area contributed by atoms with E-state index in [-0.39, 0.29) is 24.7 Å². The minimum atomic E-state index is -0.873. The second kappa shape index (κ2) is 11.3. The molecule has 3 aromatic carbocycles. The van der Waals surface area contributed by atoms with E-state index in [1.807, 2.05) is 0 Å². The van der Waals surface area contributed by atoms with Crippen LogP contribution in [-0.4, -0.2) is 31.7 Å². The number of carbonyl (C=O) groups excluding carboxylic acids is 3. The van der Waals surface area contributed by atoms with Gasteiger partial charge in [-0.25, -0.2) is 9.69 Å². The molecule has 1 saturated heterocycles. The first-order chi connectivity index (χ1) is 19.3. The Morgan fingerprint density at radius 1 is 1.02 bits per heavy atom. The fraction of sp³-hybridized carbons (Fsp3) is 0.138. The number of anilines is 1. The summed E-state index contributed by atoms with van der Waals surface area (Å²) in [7, 11) is 1.48. The van der Waals surface area contributed by atoms with Crippen LogP contribution in [0, 0.1) is 0 Å². The molecular weight excluding hydrogens is 559 g/mol. The second-order valence-electron chi connectivity index (χ2n) is 8.74. The maximum absolute atomic E-state index is 13.4. The van der Waals surface area contributed by atoms with E-state index in [1.165, 1.54) is 25.3 Å². The Bertz CT molecular complexity index is 1580. The van der Waals surface area contributed by atoms with Crippen molar-refractivity contribution in [1.29, 1.82) is 0 Å². The van der Waals surface area contributed by atoms with Crippen molar-refractivity contribution < 1.29 is 33.3 Å². The molecule has 1 fully saturated rings. The zero-order valence-electron chi connectivity index (χ0n) is 21.2. The lowest BCUT2D eigenvalue weighted by atomic mass is 10.0. The minimum absolute atomic E-state index is 0.0323. The fourth-order valence-electron chi connectivity index (χ4n) is 4.26. The Hall–Kier alpha value is -4.47. The van der Waals surface area contributed by atoms with Crippen LogP contribution in [0.3, 0.4) is 0 Å². The monoisotopic (exact) mass is 580 g/mol. The van der Waals surface area contributed by atoms with Gasteiger partial charge < -0.3 is 18.9 Å². The first-order valence-electron chi connectivity index (χ1n) is 12.0. The summed E-state index contributed by atoms with van der Waals surface area (Å²) in [6.07, 6.45) is 3.49. The summed E-state index contributed by atoms with van der Waals surface area (Å²) in [5.74, 6) is 0.0957. The largest absolute Gasteiger partial charge is 0.493 e. The molecule has 4 amide bonds. The van der Waals surface area contributed by atoms with E-state index in [4.69, 9.17) is 42.1 Å². The van der Waals surface area contributed by atoms with Gasteiger partial charge in [0, 0.05) is 11.6 Å². The third kappa shape index (κ3) is 5.34. The topological polar surface area (TPSA) is 103 Å². The van der Waals surface area contributed by atoms with Crippen LogP contribution in [0.15, 0.2) is 66.8 Å². The van der Waals surface area contributed by atoms with E-state index in [0.717, 1.165) is 10.5 Å². The fourth-order valence-corrected chi connectivity index (χ4v) is 4.58. The van der Waals surface area contributed by atoms with Gasteiger partial charge in [-0.2, -0.15) is 0 Å². The molecule has 3 aromatic rings. The van der Waals surface area contributed by atoms with E-state index in [2.05, 4.69) is 11.9 Å². The molecule has 2 aliphatic rings. The molecule has 1 N–H and O–H groups in total. The predicted molar refractivity (Wildman–Crippen MR) is 149 cm³/mol. The van der Waals surface area contributed by atoms with Crippen LogP contribution < -0.4 is 29.2 Å². The Morgan fingerprint density at radius 3 is 2.58 bits per heavy atom. The molecule has 5 rings (SSSR count). The van der Waals surface area contributed by atoms with Gasteiger partial charge in [0.15, 0.2) is 23.0 Å². The van der Waals surface area contributed by atoms with Crippen molar-refractivity contribution in [2.45, 2.75) is 13.0 Å². The van der Waals surface area contributed by atoms with Crippen molar-refractivity contribution in [3.8, 4) is 23.0 Å². The Morgan fingerprint density at radius 2 is 1.82 bits per heavy atom. The van der Waals surface area contributed by atoms with Crippen LogP contribution in [0.2, 0.25) is 10.0 Å². The molecular formula is C29H22Cl2N2O7. The minimum Gasteiger partial charge on any atom is -0.493 e. The number of ether oxygens (including phenoxy) is 4. The number of nitrogens with zero attached hydrogens (tertiary/aromatic N) is 1. The Kier molecular flexibility index (Phi) is 7.68. The highest BCUT2D eigenvalue weighted by Crippen LogP contribution is 2.38. The van der Waals surface area contributed by atoms with Gasteiger partial charge in [-0.15, -0.1) is 6.58 Å². The van der Waals surface area contributed by atoms with Gasteiger partial charge in [-0.05, 0) is 60.0 Å². The second-order valence-corrected chi connectivity index (χ2v) is 9.55. The van der Waals surface area contributed by atoms with Crippen LogP contribution in [0.1, 0.15) is 16.7 Å². The number of allylic oxidation sites excluding steroid dienone is 1. The molecule has 0 atom stereocenters. The van der Waals surface area contributed by atoms with Gasteiger partial charge in [-0.3, -0.25) is 14.9 Å². The highest BCUT2D eigenvalue weighted by Gasteiger charge is 2.37. The lowest BCUT2D eigenvalue weighted by Crippen LogP contribution is -2.54. The van der Waals surface area contributed by atoms with Crippen LogP contribution in [0.5, 0.6) is 23.0 Å². The number of carbonyl (C=O) groups is 3. The normalized spacial score (nSPS) is 15.3. The maximum Gasteiger partial charge on any atom is 0.335 e. The molecule has 2 heterocycles. The summed E-state index contributed by atoms with van der Waals surface area (Å²) in [6.45, 7) is 4.03. The number of amides is 4. The van der Waals surface area contributed by atoms with Gasteiger partial charge in [0.25, 0.3) is 11.8 Å². The number of fused-ring (bicyclic) bond motifs is 1. The van der Waals surface area contributed by atoms with Crippen molar-refractivity contribution in [2.75, 3.05) is 18.8 Å². The first kappa shape index (κ1) is 27.1. The standard InChI is InChI=1S/C29H22Cl2N2O7/c1-3-4-18-9-17(12-25(37-2)26(18)38-14-16-5-7-21(30)22(31)11-16)10-20-27(34)32-29(36)33(28(20)35)19-6-8-23-24(13-19)40-15-39-23/h3,5-13H,1,4,14-15H2,2H3,(H,32,34,36)/b20-10+. The Labute approximate surface area is 239 Å². The molecule has 0 saturated carbocycles. The summed E-state index contributed by atoms with van der Waals surface area (Å²) in [5.41, 5.74) is 1.96. The van der Waals surface area contributed by atoms with E-state index < -0.39 is 17.8 Å². The lowest BCUT2D eigenvalue weighted by molar-refractivity contribution is -0.122. The van der Waals surface area contributed by atoms with Gasteiger partial charge in [0.05, 0.1) is 22.8 Å². The molecule has 0 spiro atoms. The van der Waals surface area contributed by atoms with Gasteiger partial charge >= 0.3 is 6.03 Å². The van der Waals surface area contributed by atoms with Gasteiger partial charge in [0.2, 0.25) is 6.79 Å². The summed E-state index contributed by atoms with van der Waals surface area (Å²) in [4.78, 5) is 39.7. The summed E-state index contributed by atoms with van der Waals surface area (Å²) < 4.78 is 22.3. The molecule has 0 bridgehead atoms. The van der Waals surface area contributed by atoms with E-state index in [1.54, 1.807) is 42.5 Å². The molecule has 2 aliphatic heterocycles. The van der Waals surface area contributed by atoms with E-state index in [9.17, 15) is 14.4 Å². The summed E-state index contributed by atoms with van der Waals surface area (Å²) in [5, 5.41) is 3.06. The van der Waals surface area contributed by atoms with Crippen LogP contribution in [0.4, 0.5) is 10.5 Å². The van der Waals surface area contributed by atoms with Crippen LogP contribution in [0.25, 0.3) is 6.08 Å². The maximum atomic E-state index is 13.4. The summed E-state index contributed by atoms with van der Waals surface area (Å²) in [6, 6.07) is 12.3. The number of nitrogens with one attached hydrogen (secondary N) is 1. The summed E-state index contributed by atoms with van der Waals surface area (Å²) >= 11 is 12.1. The number of urea groups is 1. The average molecular weight is 581 g/mol. The zero-order chi connectivity index (χ0) is 28.4. The van der Waals surface area contributed by atoms with Crippen LogP contribution in [-0.2, 0) is 22.6 Å². The van der Waals surface area contributed by atoms with Crippen LogP contribution >= 0.6 is 23.2 Å². The van der Waals surface area contributed by atoms with Crippen molar-refractivity contribution in [2.24, 2.45) is 0 Å². The molecule has 40 heavy (non-hydrogen) atoms. The van der Waals surface area contributed by atoms with Crippen molar-refractivity contribution in [3.05, 3.63) is 93.5 Å². The molecule has 204 valence electrons. The van der Waals surface area contributed by atoms with Crippen molar-refractivity contribution in [3.63, 3.8) is 0 Å². The number of hydrogen-bond acceptors (Lipinski definition) is 7. The molecule has 0 aliphatic carbocycles. The number of methoxy groups -OCH3 is 1. The number of hydrogen-bond donors (Lipinski definition) is 1. The lowest BCUT2D eigenvalue weighted by Gasteiger charge is -2.26. The van der Waals surface area contributed by atoms with Crippen molar-refractivity contribution in [1.82, 2.24) is 5.32 Å². The zero-order valence-corrected chi connectivity index (χ0v) is 22.7. The third-order valence-corrected chi connectivity index (χ3v) is 6.87. The first-order valence-corrected chi connectivity index (χ1v) is 12.7. The highest BCUT2D eigenvalue weighted by atomic mass is 35.5. The van der Waals surface area contributed by atoms with Gasteiger partial charge in [-0.1, -0.05) is 35.3 Å².